The summed E-state index contributed by atoms with van der Waals surface area (Å²) in [4.78, 5) is 40.4. The summed E-state index contributed by atoms with van der Waals surface area (Å²) in [5.74, 6) is -0.0839. The average molecular weight is 419 g/mol. The molecule has 0 radical (unpaired) electrons. The van der Waals surface area contributed by atoms with Gasteiger partial charge in [0.05, 0.1) is 22.9 Å². The SMILES string of the molecule is Cc1cc2ncc(CN3CCN(c4ccc(C(=O)NC5CC5)nc4)CC3)cc2[nH]c1=O. The van der Waals surface area contributed by atoms with Crippen LogP contribution in [-0.4, -0.2) is 58.0 Å². The van der Waals surface area contributed by atoms with Crippen LogP contribution in [0, 0.1) is 6.92 Å². The first-order chi connectivity index (χ1) is 15.0. The number of aromatic amines is 1. The molecule has 4 heterocycles. The van der Waals surface area contributed by atoms with Crippen molar-refractivity contribution in [2.24, 2.45) is 0 Å². The van der Waals surface area contributed by atoms with E-state index >= 15 is 0 Å². The molecule has 5 rings (SSSR count). The zero-order valence-electron chi connectivity index (χ0n) is 17.6. The Hall–Kier alpha value is -3.26. The molecule has 1 saturated carbocycles. The molecule has 1 aliphatic carbocycles. The third-order valence-electron chi connectivity index (χ3n) is 5.97. The number of hydrogen-bond donors (Lipinski definition) is 2. The number of nitrogens with one attached hydrogen (secondary N) is 2. The molecule has 1 aliphatic heterocycles. The van der Waals surface area contributed by atoms with Gasteiger partial charge in [0, 0.05) is 50.5 Å². The highest BCUT2D eigenvalue weighted by Crippen LogP contribution is 2.20. The summed E-state index contributed by atoms with van der Waals surface area (Å²) in [5.41, 5.74) is 4.82. The molecule has 3 aromatic heterocycles. The first-order valence-electron chi connectivity index (χ1n) is 10.8. The molecule has 8 heteroatoms. The molecule has 0 spiro atoms. The van der Waals surface area contributed by atoms with Crippen molar-refractivity contribution >= 4 is 22.6 Å². The van der Waals surface area contributed by atoms with E-state index in [9.17, 15) is 9.59 Å². The highest BCUT2D eigenvalue weighted by atomic mass is 16.2. The number of carbonyl (C=O) groups is 1. The van der Waals surface area contributed by atoms with Crippen molar-refractivity contribution in [3.05, 3.63) is 63.8 Å². The maximum Gasteiger partial charge on any atom is 0.270 e. The molecule has 2 fully saturated rings. The van der Waals surface area contributed by atoms with Gasteiger partial charge in [-0.05, 0) is 49.6 Å². The molecule has 31 heavy (non-hydrogen) atoms. The molecule has 2 N–H and O–H groups in total. The van der Waals surface area contributed by atoms with E-state index in [0.717, 1.165) is 67.8 Å². The number of rotatable bonds is 5. The lowest BCUT2D eigenvalue weighted by molar-refractivity contribution is 0.0946. The first-order valence-corrected chi connectivity index (χ1v) is 10.8. The number of piperazine rings is 1. The fourth-order valence-corrected chi connectivity index (χ4v) is 3.93. The summed E-state index contributed by atoms with van der Waals surface area (Å²) in [6.07, 6.45) is 5.83. The van der Waals surface area contributed by atoms with Crippen molar-refractivity contribution in [1.29, 1.82) is 0 Å². The topological polar surface area (TPSA) is 94.2 Å². The molecule has 160 valence electrons. The predicted molar refractivity (Wildman–Crippen MR) is 119 cm³/mol. The van der Waals surface area contributed by atoms with Crippen LogP contribution in [0.3, 0.4) is 0 Å². The van der Waals surface area contributed by atoms with E-state index in [1.165, 1.54) is 0 Å². The van der Waals surface area contributed by atoms with Crippen LogP contribution < -0.4 is 15.8 Å². The number of pyridine rings is 3. The minimum Gasteiger partial charge on any atom is -0.368 e. The molecule has 2 aliphatic rings. The minimum absolute atomic E-state index is 0.0651. The maximum absolute atomic E-state index is 12.1. The molecule has 0 aromatic carbocycles. The van der Waals surface area contributed by atoms with E-state index in [1.807, 2.05) is 30.5 Å². The number of H-pyrrole nitrogens is 1. The van der Waals surface area contributed by atoms with E-state index in [1.54, 1.807) is 13.1 Å². The van der Waals surface area contributed by atoms with Crippen molar-refractivity contribution in [2.45, 2.75) is 32.4 Å². The van der Waals surface area contributed by atoms with Gasteiger partial charge in [-0.1, -0.05) is 0 Å². The Morgan fingerprint density at radius 3 is 2.65 bits per heavy atom. The molecule has 0 atom stereocenters. The Morgan fingerprint density at radius 1 is 1.13 bits per heavy atom. The van der Waals surface area contributed by atoms with Crippen molar-refractivity contribution in [1.82, 2.24) is 25.2 Å². The van der Waals surface area contributed by atoms with E-state index in [4.69, 9.17) is 0 Å². The first kappa shape index (κ1) is 19.7. The van der Waals surface area contributed by atoms with Crippen LogP contribution in [0.5, 0.6) is 0 Å². The summed E-state index contributed by atoms with van der Waals surface area (Å²) in [6.45, 7) is 6.22. The zero-order chi connectivity index (χ0) is 21.4. The van der Waals surface area contributed by atoms with E-state index in [0.29, 0.717) is 17.3 Å². The lowest BCUT2D eigenvalue weighted by atomic mass is 10.2. The summed E-state index contributed by atoms with van der Waals surface area (Å²) in [5, 5.41) is 2.97. The van der Waals surface area contributed by atoms with Crippen LogP contribution in [0.1, 0.15) is 34.5 Å². The van der Waals surface area contributed by atoms with E-state index in [2.05, 4.69) is 30.1 Å². The molecule has 8 nitrogen and oxygen atoms in total. The Morgan fingerprint density at radius 2 is 1.94 bits per heavy atom. The Balaban J connectivity index is 1.18. The number of anilines is 1. The van der Waals surface area contributed by atoms with E-state index in [-0.39, 0.29) is 11.5 Å². The molecular weight excluding hydrogens is 392 g/mol. The van der Waals surface area contributed by atoms with Crippen LogP contribution in [0.15, 0.2) is 41.5 Å². The van der Waals surface area contributed by atoms with Crippen LogP contribution in [0.25, 0.3) is 11.0 Å². The van der Waals surface area contributed by atoms with Gasteiger partial charge >= 0.3 is 0 Å². The van der Waals surface area contributed by atoms with Crippen molar-refractivity contribution in [2.75, 3.05) is 31.1 Å². The minimum atomic E-state index is -0.0839. The Bertz CT molecular complexity index is 1160. The number of amides is 1. The van der Waals surface area contributed by atoms with Crippen LogP contribution in [0.4, 0.5) is 5.69 Å². The Labute approximate surface area is 180 Å². The summed E-state index contributed by atoms with van der Waals surface area (Å²) < 4.78 is 0. The van der Waals surface area contributed by atoms with Crippen molar-refractivity contribution in [3.8, 4) is 0 Å². The highest BCUT2D eigenvalue weighted by Gasteiger charge is 2.24. The van der Waals surface area contributed by atoms with E-state index < -0.39 is 0 Å². The fraction of sp³-hybridized carbons (Fsp3) is 0.391. The van der Waals surface area contributed by atoms with Crippen LogP contribution >= 0.6 is 0 Å². The van der Waals surface area contributed by atoms with Crippen LogP contribution in [0.2, 0.25) is 0 Å². The molecule has 1 amide bonds. The highest BCUT2D eigenvalue weighted by molar-refractivity contribution is 5.92. The Kier molecular flexibility index (Phi) is 5.15. The fourth-order valence-electron chi connectivity index (χ4n) is 3.93. The summed E-state index contributed by atoms with van der Waals surface area (Å²) in [6, 6.07) is 7.97. The number of nitrogens with zero attached hydrogens (tertiary/aromatic N) is 4. The number of fused-ring (bicyclic) bond motifs is 1. The maximum atomic E-state index is 12.1. The quantitative estimate of drug-likeness (QED) is 0.657. The lowest BCUT2D eigenvalue weighted by Crippen LogP contribution is -2.46. The van der Waals surface area contributed by atoms with Gasteiger partial charge in [-0.25, -0.2) is 4.98 Å². The smallest absolute Gasteiger partial charge is 0.270 e. The van der Waals surface area contributed by atoms with Crippen molar-refractivity contribution < 1.29 is 4.79 Å². The molecular formula is C23H26N6O2. The monoisotopic (exact) mass is 418 g/mol. The van der Waals surface area contributed by atoms with Gasteiger partial charge in [-0.15, -0.1) is 0 Å². The molecule has 0 unspecified atom stereocenters. The number of hydrogen-bond acceptors (Lipinski definition) is 6. The normalized spacial score (nSPS) is 17.1. The predicted octanol–water partition coefficient (Wildman–Crippen LogP) is 1.84. The van der Waals surface area contributed by atoms with Gasteiger partial charge in [0.25, 0.3) is 11.5 Å². The third kappa shape index (κ3) is 4.44. The van der Waals surface area contributed by atoms with Gasteiger partial charge < -0.3 is 15.2 Å². The second-order valence-corrected chi connectivity index (χ2v) is 8.47. The second kappa shape index (κ2) is 8.11. The van der Waals surface area contributed by atoms with Gasteiger partial charge in [0.1, 0.15) is 5.69 Å². The number of carbonyl (C=O) groups excluding carboxylic acids is 1. The van der Waals surface area contributed by atoms with Gasteiger partial charge in [-0.2, -0.15) is 0 Å². The largest absolute Gasteiger partial charge is 0.368 e. The number of aryl methyl sites for hydroxylation is 1. The van der Waals surface area contributed by atoms with Crippen molar-refractivity contribution in [3.63, 3.8) is 0 Å². The van der Waals surface area contributed by atoms with Crippen LogP contribution in [-0.2, 0) is 6.54 Å². The summed E-state index contributed by atoms with van der Waals surface area (Å²) >= 11 is 0. The third-order valence-corrected chi connectivity index (χ3v) is 5.97. The van der Waals surface area contributed by atoms with Gasteiger partial charge in [0.2, 0.25) is 0 Å². The molecule has 3 aromatic rings. The van der Waals surface area contributed by atoms with Gasteiger partial charge in [0.15, 0.2) is 0 Å². The second-order valence-electron chi connectivity index (χ2n) is 8.47. The summed E-state index contributed by atoms with van der Waals surface area (Å²) in [7, 11) is 0. The number of aromatic nitrogens is 3. The molecule has 1 saturated heterocycles. The zero-order valence-corrected chi connectivity index (χ0v) is 17.6. The van der Waals surface area contributed by atoms with Gasteiger partial charge in [-0.3, -0.25) is 19.5 Å². The lowest BCUT2D eigenvalue weighted by Gasteiger charge is -2.36. The standard InChI is InChI=1S/C23H26N6O2/c1-15-10-20-21(27-22(15)30)11-16(12-24-20)14-28-6-8-29(9-7-28)18-4-5-19(25-13-18)23(31)26-17-2-3-17/h4-5,10-13,17H,2-3,6-9,14H2,1H3,(H,26,31)(H,27,30). The average Bonchev–Trinajstić information content (AvgIpc) is 3.59. The molecule has 0 bridgehead atoms.